The molecule has 4 nitrogen and oxygen atoms in total. The average Bonchev–Trinajstić information content (AvgIpc) is 2.55. The maximum Gasteiger partial charge on any atom is 0.418 e. The van der Waals surface area contributed by atoms with Gasteiger partial charge in [0.2, 0.25) is 0 Å². The van der Waals surface area contributed by atoms with E-state index in [-0.39, 0.29) is 5.69 Å². The summed E-state index contributed by atoms with van der Waals surface area (Å²) in [6.45, 7) is 1.82. The summed E-state index contributed by atoms with van der Waals surface area (Å²) in [7, 11) is 0. The van der Waals surface area contributed by atoms with Crippen LogP contribution >= 0.6 is 0 Å². The lowest BCUT2D eigenvalue weighted by Gasteiger charge is -2.31. The van der Waals surface area contributed by atoms with Gasteiger partial charge in [-0.25, -0.2) is 0 Å². The molecule has 0 amide bonds. The van der Waals surface area contributed by atoms with Crippen molar-refractivity contribution in [3.8, 4) is 0 Å². The molecule has 0 saturated carbocycles. The molecular formula is C15H16F3N3O. The second-order valence-electron chi connectivity index (χ2n) is 5.21. The Bertz CT molecular complexity index is 605. The molecule has 0 unspecified atom stereocenters. The van der Waals surface area contributed by atoms with E-state index in [2.05, 4.69) is 10.2 Å². The number of alkyl halides is 3. The Morgan fingerprint density at radius 1 is 1.14 bits per heavy atom. The normalized spacial score (nSPS) is 19.2. The Hall–Kier alpha value is -1.89. The van der Waals surface area contributed by atoms with Crippen LogP contribution in [-0.4, -0.2) is 38.2 Å². The summed E-state index contributed by atoms with van der Waals surface area (Å²) in [5.41, 5.74) is 0.673. The predicted molar refractivity (Wildman–Crippen MR) is 78.7 cm³/mol. The van der Waals surface area contributed by atoms with Crippen molar-refractivity contribution in [3.63, 3.8) is 0 Å². The lowest BCUT2D eigenvalue weighted by atomic mass is 10.0. The fraction of sp³-hybridized carbons (Fsp3) is 0.467. The molecule has 2 heterocycles. The van der Waals surface area contributed by atoms with Crippen LogP contribution in [0, 0.1) is 0 Å². The summed E-state index contributed by atoms with van der Waals surface area (Å²) in [4.78, 5) is 1.72. The number of benzene rings is 1. The van der Waals surface area contributed by atoms with E-state index in [4.69, 9.17) is 4.74 Å². The van der Waals surface area contributed by atoms with Gasteiger partial charge in [-0.2, -0.15) is 23.4 Å². The minimum Gasteiger partial charge on any atom is -0.378 e. The Balaban J connectivity index is 2.00. The van der Waals surface area contributed by atoms with E-state index < -0.39 is 11.7 Å². The molecule has 0 atom stereocenters. The maximum atomic E-state index is 13.4. The van der Waals surface area contributed by atoms with Crippen LogP contribution in [0.3, 0.4) is 0 Å². The van der Waals surface area contributed by atoms with Crippen molar-refractivity contribution in [3.05, 3.63) is 29.3 Å². The molecule has 0 spiro atoms. The van der Waals surface area contributed by atoms with Crippen molar-refractivity contribution in [2.45, 2.75) is 19.0 Å². The van der Waals surface area contributed by atoms with Crippen LogP contribution < -0.4 is 4.90 Å². The molecule has 118 valence electrons. The molecule has 0 aliphatic carbocycles. The van der Waals surface area contributed by atoms with E-state index in [0.717, 1.165) is 0 Å². The number of nitrogens with zero attached hydrogens (tertiary/aromatic N) is 3. The molecule has 2 aliphatic rings. The molecular weight excluding hydrogens is 295 g/mol. The molecule has 1 aromatic rings. The van der Waals surface area contributed by atoms with Crippen LogP contribution in [-0.2, 0) is 10.9 Å². The molecule has 22 heavy (non-hydrogen) atoms. The summed E-state index contributed by atoms with van der Waals surface area (Å²) in [6.07, 6.45) is -1.43. The molecule has 0 N–H and O–H groups in total. The van der Waals surface area contributed by atoms with Crippen molar-refractivity contribution < 1.29 is 17.9 Å². The second kappa shape index (κ2) is 6.08. The monoisotopic (exact) mass is 311 g/mol. The molecule has 1 fully saturated rings. The number of halogens is 3. The Morgan fingerprint density at radius 2 is 1.91 bits per heavy atom. The van der Waals surface area contributed by atoms with Crippen molar-refractivity contribution in [2.24, 2.45) is 10.2 Å². The second-order valence-corrected chi connectivity index (χ2v) is 5.21. The van der Waals surface area contributed by atoms with Gasteiger partial charge < -0.3 is 9.64 Å². The van der Waals surface area contributed by atoms with E-state index in [1.807, 2.05) is 0 Å². The van der Waals surface area contributed by atoms with Crippen LogP contribution in [0.5, 0.6) is 0 Å². The number of anilines is 1. The van der Waals surface area contributed by atoms with Crippen molar-refractivity contribution in [2.75, 3.05) is 31.2 Å². The number of hydrogen-bond acceptors (Lipinski definition) is 4. The Morgan fingerprint density at radius 3 is 2.55 bits per heavy atom. The van der Waals surface area contributed by atoms with E-state index in [0.29, 0.717) is 50.4 Å². The summed E-state index contributed by atoms with van der Waals surface area (Å²) in [5, 5.41) is 7.74. The highest BCUT2D eigenvalue weighted by atomic mass is 19.4. The Labute approximate surface area is 126 Å². The maximum absolute atomic E-state index is 13.4. The number of morpholine rings is 1. The van der Waals surface area contributed by atoms with Gasteiger partial charge in [0.15, 0.2) is 0 Å². The summed E-state index contributed by atoms with van der Waals surface area (Å²) >= 11 is 0. The van der Waals surface area contributed by atoms with Crippen LogP contribution in [0.15, 0.2) is 28.4 Å². The van der Waals surface area contributed by atoms with Crippen molar-refractivity contribution in [1.82, 2.24) is 0 Å². The molecule has 3 rings (SSSR count). The van der Waals surface area contributed by atoms with Gasteiger partial charge in [0.1, 0.15) is 0 Å². The lowest BCUT2D eigenvalue weighted by Crippen LogP contribution is -2.37. The van der Waals surface area contributed by atoms with Gasteiger partial charge >= 0.3 is 6.18 Å². The standard InChI is InChI=1S/C15H16F3N3O/c16-15(17,18)12-10-11(13-2-1-5-19-20-13)3-4-14(12)21-6-8-22-9-7-21/h3-5,10H,1-2,6-9H2. The zero-order chi connectivity index (χ0) is 15.6. The van der Waals surface area contributed by atoms with Gasteiger partial charge in [-0.05, 0) is 30.5 Å². The Kier molecular flexibility index (Phi) is 4.15. The van der Waals surface area contributed by atoms with Crippen LogP contribution in [0.2, 0.25) is 0 Å². The number of ether oxygens (including phenoxy) is 1. The molecule has 0 radical (unpaired) electrons. The number of hydrogen-bond donors (Lipinski definition) is 0. The molecule has 1 saturated heterocycles. The zero-order valence-corrected chi connectivity index (χ0v) is 11.9. The topological polar surface area (TPSA) is 37.2 Å². The van der Waals surface area contributed by atoms with E-state index in [9.17, 15) is 13.2 Å². The highest BCUT2D eigenvalue weighted by Gasteiger charge is 2.35. The molecule has 1 aromatic carbocycles. The largest absolute Gasteiger partial charge is 0.418 e. The van der Waals surface area contributed by atoms with Crippen LogP contribution in [0.4, 0.5) is 18.9 Å². The zero-order valence-electron chi connectivity index (χ0n) is 11.9. The third kappa shape index (κ3) is 3.14. The molecule has 7 heteroatoms. The van der Waals surface area contributed by atoms with E-state index in [1.165, 1.54) is 12.1 Å². The third-order valence-corrected chi connectivity index (χ3v) is 3.76. The van der Waals surface area contributed by atoms with Gasteiger partial charge in [-0.15, -0.1) is 0 Å². The summed E-state index contributed by atoms with van der Waals surface area (Å²) in [6, 6.07) is 4.41. The SMILES string of the molecule is FC(F)(F)c1cc(C2=NN=CCC2)ccc1N1CCOCC1. The summed E-state index contributed by atoms with van der Waals surface area (Å²) < 4.78 is 45.5. The lowest BCUT2D eigenvalue weighted by molar-refractivity contribution is -0.137. The number of rotatable bonds is 2. The first kappa shape index (κ1) is 15.0. The van der Waals surface area contributed by atoms with Gasteiger partial charge in [-0.3, -0.25) is 0 Å². The van der Waals surface area contributed by atoms with Gasteiger partial charge in [0.05, 0.1) is 24.5 Å². The van der Waals surface area contributed by atoms with Crippen molar-refractivity contribution in [1.29, 1.82) is 0 Å². The summed E-state index contributed by atoms with van der Waals surface area (Å²) in [5.74, 6) is 0. The highest BCUT2D eigenvalue weighted by molar-refractivity contribution is 6.02. The molecule has 0 aromatic heterocycles. The molecule has 0 bridgehead atoms. The van der Waals surface area contributed by atoms with Gasteiger partial charge in [-0.1, -0.05) is 6.07 Å². The van der Waals surface area contributed by atoms with Crippen LogP contribution in [0.1, 0.15) is 24.0 Å². The minimum absolute atomic E-state index is 0.208. The fourth-order valence-electron chi connectivity index (χ4n) is 2.64. The van der Waals surface area contributed by atoms with E-state index >= 15 is 0 Å². The predicted octanol–water partition coefficient (Wildman–Crippen LogP) is 3.11. The first-order valence-corrected chi connectivity index (χ1v) is 7.18. The first-order chi connectivity index (χ1) is 10.6. The van der Waals surface area contributed by atoms with Gasteiger partial charge in [0, 0.05) is 25.0 Å². The average molecular weight is 311 g/mol. The van der Waals surface area contributed by atoms with Crippen LogP contribution in [0.25, 0.3) is 0 Å². The minimum atomic E-state index is -4.40. The fourth-order valence-corrected chi connectivity index (χ4v) is 2.64. The first-order valence-electron chi connectivity index (χ1n) is 7.18. The smallest absolute Gasteiger partial charge is 0.378 e. The molecule has 2 aliphatic heterocycles. The van der Waals surface area contributed by atoms with Gasteiger partial charge in [0.25, 0.3) is 0 Å². The van der Waals surface area contributed by atoms with E-state index in [1.54, 1.807) is 17.2 Å². The highest BCUT2D eigenvalue weighted by Crippen LogP contribution is 2.38. The van der Waals surface area contributed by atoms with Crippen molar-refractivity contribution >= 4 is 17.6 Å². The quantitative estimate of drug-likeness (QED) is 0.841. The third-order valence-electron chi connectivity index (χ3n) is 3.76.